The van der Waals surface area contributed by atoms with Crippen LogP contribution in [0.15, 0.2) is 64.8 Å². The van der Waals surface area contributed by atoms with Crippen molar-refractivity contribution in [1.82, 2.24) is 25.1 Å². The molecule has 8 nitrogen and oxygen atoms in total. The molecule has 5 rings (SSSR count). The number of hydrogen-bond acceptors (Lipinski definition) is 6. The second kappa shape index (κ2) is 12.5. The van der Waals surface area contributed by atoms with Crippen LogP contribution in [-0.4, -0.2) is 72.8 Å². The van der Waals surface area contributed by atoms with E-state index in [1.54, 1.807) is 0 Å². The summed E-state index contributed by atoms with van der Waals surface area (Å²) in [5, 5.41) is 10.4. The van der Waals surface area contributed by atoms with Crippen molar-refractivity contribution < 1.29 is 0 Å². The topological polar surface area (TPSA) is 81.9 Å². The molecule has 2 aliphatic rings. The van der Waals surface area contributed by atoms with E-state index >= 15 is 0 Å². The minimum Gasteiger partial charge on any atom is -0.368 e. The zero-order valence-electron chi connectivity index (χ0n) is 22.7. The summed E-state index contributed by atoms with van der Waals surface area (Å²) in [5.41, 5.74) is 4.98. The smallest absolute Gasteiger partial charge is 0.161 e. The van der Waals surface area contributed by atoms with Gasteiger partial charge >= 0.3 is 0 Å². The summed E-state index contributed by atoms with van der Waals surface area (Å²) < 4.78 is 2.30. The van der Waals surface area contributed by atoms with Gasteiger partial charge < -0.3 is 20.5 Å². The Morgan fingerprint density at radius 2 is 2.00 bits per heavy atom. The molecule has 2 aliphatic heterocycles. The molecule has 0 bridgehead atoms. The van der Waals surface area contributed by atoms with Crippen LogP contribution < -0.4 is 16.0 Å². The maximum Gasteiger partial charge on any atom is 0.161 e. The summed E-state index contributed by atoms with van der Waals surface area (Å²) >= 11 is 0. The first kappa shape index (κ1) is 26.3. The number of likely N-dealkylation sites (N-methyl/N-ethyl adjacent to an activating group) is 1. The highest BCUT2D eigenvalue weighted by atomic mass is 15.2. The number of benzene rings is 1. The van der Waals surface area contributed by atoms with Crippen molar-refractivity contribution in [2.45, 2.75) is 44.8 Å². The zero-order chi connectivity index (χ0) is 26.3. The van der Waals surface area contributed by atoms with Crippen LogP contribution in [0.4, 0.5) is 11.6 Å². The molecule has 3 N–H and O–H groups in total. The van der Waals surface area contributed by atoms with E-state index in [0.717, 1.165) is 81.3 Å². The van der Waals surface area contributed by atoms with Crippen molar-refractivity contribution in [2.24, 2.45) is 9.98 Å². The average Bonchev–Trinajstić information content (AvgIpc) is 3.34. The molecule has 4 heterocycles. The fourth-order valence-corrected chi connectivity index (χ4v) is 5.53. The van der Waals surface area contributed by atoms with Gasteiger partial charge in [-0.2, -0.15) is 0 Å². The monoisotopic (exact) mass is 512 g/mol. The van der Waals surface area contributed by atoms with Crippen LogP contribution in [0.5, 0.6) is 0 Å². The van der Waals surface area contributed by atoms with Gasteiger partial charge in [0.25, 0.3) is 0 Å². The van der Waals surface area contributed by atoms with Crippen molar-refractivity contribution in [3.63, 3.8) is 0 Å². The number of rotatable bonds is 9. The van der Waals surface area contributed by atoms with Gasteiger partial charge in [-0.25, -0.2) is 15.0 Å². The van der Waals surface area contributed by atoms with Gasteiger partial charge in [-0.15, -0.1) is 0 Å². The molecule has 1 unspecified atom stereocenters. The summed E-state index contributed by atoms with van der Waals surface area (Å²) in [7, 11) is 2.03. The molecule has 0 aliphatic carbocycles. The highest BCUT2D eigenvalue weighted by molar-refractivity contribution is 6.03. The van der Waals surface area contributed by atoms with Crippen LogP contribution >= 0.6 is 0 Å². The lowest BCUT2D eigenvalue weighted by Crippen LogP contribution is -2.45. The molecule has 1 saturated heterocycles. The molecule has 0 saturated carbocycles. The van der Waals surface area contributed by atoms with Gasteiger partial charge in [-0.3, -0.25) is 4.90 Å². The summed E-state index contributed by atoms with van der Waals surface area (Å²) in [5.74, 6) is 2.39. The third-order valence-corrected chi connectivity index (χ3v) is 7.79. The first-order chi connectivity index (χ1) is 18.6. The predicted octanol–water partition coefficient (Wildman–Crippen LogP) is 3.95. The van der Waals surface area contributed by atoms with Crippen LogP contribution in [-0.2, 0) is 13.0 Å². The van der Waals surface area contributed by atoms with Crippen molar-refractivity contribution in [3.05, 3.63) is 77.1 Å². The number of aromatic nitrogens is 2. The second-order valence-corrected chi connectivity index (χ2v) is 10.4. The Kier molecular flexibility index (Phi) is 8.63. The Balaban J connectivity index is 1.25. The van der Waals surface area contributed by atoms with E-state index < -0.39 is 0 Å². The maximum atomic E-state index is 4.99. The Morgan fingerprint density at radius 1 is 1.18 bits per heavy atom. The highest BCUT2D eigenvalue weighted by Crippen LogP contribution is 2.30. The normalized spacial score (nSPS) is 17.7. The molecule has 38 heavy (non-hydrogen) atoms. The lowest BCUT2D eigenvalue weighted by atomic mass is 9.99. The molecule has 0 spiro atoms. The maximum absolute atomic E-state index is 4.99. The van der Waals surface area contributed by atoms with Crippen LogP contribution in [0.2, 0.25) is 0 Å². The quantitative estimate of drug-likeness (QED) is 0.299. The number of piperidine rings is 1. The van der Waals surface area contributed by atoms with Crippen molar-refractivity contribution in [3.8, 4) is 0 Å². The fourth-order valence-electron chi connectivity index (χ4n) is 5.53. The number of amidine groups is 1. The minimum absolute atomic E-state index is 0.298. The Bertz CT molecular complexity index is 1260. The summed E-state index contributed by atoms with van der Waals surface area (Å²) in [6.07, 6.45) is 7.29. The lowest BCUT2D eigenvalue weighted by Gasteiger charge is -2.32. The van der Waals surface area contributed by atoms with Gasteiger partial charge in [0.15, 0.2) is 5.84 Å². The van der Waals surface area contributed by atoms with E-state index in [-0.39, 0.29) is 0 Å². The van der Waals surface area contributed by atoms with Crippen LogP contribution in [0.3, 0.4) is 0 Å². The number of nitrogens with one attached hydrogen (secondary N) is 3. The SMILES string of the molecule is C=NC(=Nc1c(C)ccn1C1CCNCC1)c1ccnc(NCC(CN2CCc3ccccc3C2)NC)c1. The molecule has 0 amide bonds. The summed E-state index contributed by atoms with van der Waals surface area (Å²) in [6.45, 7) is 11.9. The summed E-state index contributed by atoms with van der Waals surface area (Å²) in [4.78, 5) is 16.4. The average molecular weight is 513 g/mol. The number of aliphatic imine (C=N–C) groups is 2. The Labute approximate surface area is 226 Å². The lowest BCUT2D eigenvalue weighted by molar-refractivity contribution is 0.231. The summed E-state index contributed by atoms with van der Waals surface area (Å²) in [6, 6.07) is 15.6. The molecule has 3 aromatic rings. The molecule has 1 atom stereocenters. The van der Waals surface area contributed by atoms with E-state index in [1.165, 1.54) is 11.1 Å². The standard InChI is InChI=1S/C30H40N8/c1-22-11-17-38(27-9-13-33-14-10-27)30(22)36-29(32-3)24-8-15-34-28(18-24)35-19-26(31-2)21-37-16-12-23-6-4-5-7-25(23)20-37/h4-8,11,15,17-18,26-27,31,33H,3,9-10,12-14,16,19-21H2,1-2H3,(H,34,35). The number of fused-ring (bicyclic) bond motifs is 1. The van der Waals surface area contributed by atoms with Gasteiger partial charge in [0.05, 0.1) is 0 Å². The first-order valence-corrected chi connectivity index (χ1v) is 13.7. The third kappa shape index (κ3) is 6.20. The number of pyridine rings is 1. The predicted molar refractivity (Wildman–Crippen MR) is 157 cm³/mol. The van der Waals surface area contributed by atoms with Gasteiger partial charge in [-0.05, 0) is 87.9 Å². The van der Waals surface area contributed by atoms with E-state index in [9.17, 15) is 0 Å². The van der Waals surface area contributed by atoms with Crippen LogP contribution in [0.25, 0.3) is 0 Å². The third-order valence-electron chi connectivity index (χ3n) is 7.79. The number of hydrogen-bond donors (Lipinski definition) is 3. The molecule has 200 valence electrons. The number of aryl methyl sites for hydroxylation is 1. The van der Waals surface area contributed by atoms with Gasteiger partial charge in [0.2, 0.25) is 0 Å². The van der Waals surface area contributed by atoms with Crippen molar-refractivity contribution >= 4 is 24.2 Å². The van der Waals surface area contributed by atoms with Crippen LogP contribution in [0.1, 0.15) is 41.1 Å². The van der Waals surface area contributed by atoms with E-state index in [0.29, 0.717) is 17.9 Å². The van der Waals surface area contributed by atoms with Crippen LogP contribution in [0, 0.1) is 6.92 Å². The molecule has 0 radical (unpaired) electrons. The molecule has 1 aromatic carbocycles. The molecule has 2 aromatic heterocycles. The van der Waals surface area contributed by atoms with E-state index in [2.05, 4.69) is 85.6 Å². The van der Waals surface area contributed by atoms with E-state index in [1.807, 2.05) is 25.4 Å². The second-order valence-electron chi connectivity index (χ2n) is 10.4. The fraction of sp³-hybridized carbons (Fsp3) is 0.433. The highest BCUT2D eigenvalue weighted by Gasteiger charge is 2.20. The van der Waals surface area contributed by atoms with Crippen molar-refractivity contribution in [2.75, 3.05) is 45.1 Å². The number of nitrogens with zero attached hydrogens (tertiary/aromatic N) is 5. The van der Waals surface area contributed by atoms with E-state index in [4.69, 9.17) is 4.99 Å². The minimum atomic E-state index is 0.298. The Morgan fingerprint density at radius 3 is 2.79 bits per heavy atom. The molecule has 8 heteroatoms. The zero-order valence-corrected chi connectivity index (χ0v) is 22.7. The van der Waals surface area contributed by atoms with Crippen molar-refractivity contribution in [1.29, 1.82) is 0 Å². The Hall–Kier alpha value is -3.33. The largest absolute Gasteiger partial charge is 0.368 e. The first-order valence-electron chi connectivity index (χ1n) is 13.7. The van der Waals surface area contributed by atoms with Gasteiger partial charge in [0.1, 0.15) is 11.6 Å². The molecule has 1 fully saturated rings. The number of anilines is 1. The van der Waals surface area contributed by atoms with Gasteiger partial charge in [0, 0.05) is 56.2 Å². The van der Waals surface area contributed by atoms with Gasteiger partial charge in [-0.1, -0.05) is 24.3 Å². The molecular weight excluding hydrogens is 472 g/mol. The molecular formula is C30H40N8.